The number of aryl methyl sites for hydroxylation is 1. The zero-order valence-corrected chi connectivity index (χ0v) is 11.8. The molecule has 2 N–H and O–H groups in total. The molecule has 5 heteroatoms. The average molecular weight is 275 g/mol. The molecule has 0 unspecified atom stereocenters. The summed E-state index contributed by atoms with van der Waals surface area (Å²) in [4.78, 5) is 16.2. The molecule has 1 aromatic heterocycles. The number of thiazole rings is 1. The Morgan fingerprint density at radius 3 is 2.95 bits per heavy atom. The SMILES string of the molecule is CC[C@@H](Nc1cccc(C)c1)C(=O)Nc1nccs1. The van der Waals surface area contributed by atoms with Gasteiger partial charge in [-0.1, -0.05) is 19.1 Å². The van der Waals surface area contributed by atoms with Crippen LogP contribution in [0.25, 0.3) is 0 Å². The molecule has 1 aromatic carbocycles. The second-order valence-corrected chi connectivity index (χ2v) is 5.20. The third kappa shape index (κ3) is 3.79. The van der Waals surface area contributed by atoms with Crippen LogP contribution in [0.3, 0.4) is 0 Å². The highest BCUT2D eigenvalue weighted by atomic mass is 32.1. The molecule has 0 saturated carbocycles. The van der Waals surface area contributed by atoms with Crippen LogP contribution in [0.5, 0.6) is 0 Å². The largest absolute Gasteiger partial charge is 0.374 e. The van der Waals surface area contributed by atoms with E-state index in [0.717, 1.165) is 5.69 Å². The van der Waals surface area contributed by atoms with Gasteiger partial charge in [-0.15, -0.1) is 11.3 Å². The molecule has 0 radical (unpaired) electrons. The Morgan fingerprint density at radius 1 is 1.47 bits per heavy atom. The number of hydrogen-bond donors (Lipinski definition) is 2. The smallest absolute Gasteiger partial charge is 0.248 e. The fourth-order valence-electron chi connectivity index (χ4n) is 1.77. The minimum Gasteiger partial charge on any atom is -0.374 e. The lowest BCUT2D eigenvalue weighted by molar-refractivity contribution is -0.116. The molecule has 0 bridgehead atoms. The molecule has 2 aromatic rings. The molecule has 1 heterocycles. The molecule has 0 aliphatic heterocycles. The van der Waals surface area contributed by atoms with Gasteiger partial charge in [0.25, 0.3) is 0 Å². The van der Waals surface area contributed by atoms with Crippen LogP contribution in [0.2, 0.25) is 0 Å². The third-order valence-electron chi connectivity index (χ3n) is 2.75. The van der Waals surface area contributed by atoms with Gasteiger partial charge in [0.15, 0.2) is 5.13 Å². The molecular weight excluding hydrogens is 258 g/mol. The molecule has 19 heavy (non-hydrogen) atoms. The first-order chi connectivity index (χ1) is 9.19. The van der Waals surface area contributed by atoms with Crippen molar-refractivity contribution in [2.24, 2.45) is 0 Å². The maximum Gasteiger partial charge on any atom is 0.248 e. The lowest BCUT2D eigenvalue weighted by Crippen LogP contribution is -2.34. The second-order valence-electron chi connectivity index (χ2n) is 4.30. The summed E-state index contributed by atoms with van der Waals surface area (Å²) in [6.07, 6.45) is 2.39. The number of nitrogens with zero attached hydrogens (tertiary/aromatic N) is 1. The summed E-state index contributed by atoms with van der Waals surface area (Å²) in [5.74, 6) is -0.0565. The number of amides is 1. The van der Waals surface area contributed by atoms with E-state index in [0.29, 0.717) is 11.6 Å². The lowest BCUT2D eigenvalue weighted by atomic mass is 10.1. The van der Waals surface area contributed by atoms with Crippen molar-refractivity contribution in [3.63, 3.8) is 0 Å². The summed E-state index contributed by atoms with van der Waals surface area (Å²) in [5, 5.41) is 8.53. The quantitative estimate of drug-likeness (QED) is 0.880. The van der Waals surface area contributed by atoms with Crippen LogP contribution in [0.15, 0.2) is 35.8 Å². The number of nitrogens with one attached hydrogen (secondary N) is 2. The maximum absolute atomic E-state index is 12.1. The summed E-state index contributed by atoms with van der Waals surface area (Å²) in [7, 11) is 0. The average Bonchev–Trinajstić information content (AvgIpc) is 2.88. The number of carbonyl (C=O) groups is 1. The van der Waals surface area contributed by atoms with Gasteiger partial charge in [0.2, 0.25) is 5.91 Å². The molecular formula is C14H17N3OS. The molecule has 100 valence electrons. The van der Waals surface area contributed by atoms with Gasteiger partial charge in [-0.2, -0.15) is 0 Å². The van der Waals surface area contributed by atoms with Crippen LogP contribution in [-0.4, -0.2) is 16.9 Å². The van der Waals surface area contributed by atoms with Crippen molar-refractivity contribution in [2.45, 2.75) is 26.3 Å². The number of aromatic nitrogens is 1. The van der Waals surface area contributed by atoms with Gasteiger partial charge < -0.3 is 10.6 Å². The molecule has 0 saturated heterocycles. The number of anilines is 2. The summed E-state index contributed by atoms with van der Waals surface area (Å²) >= 11 is 1.42. The number of carbonyl (C=O) groups excluding carboxylic acids is 1. The van der Waals surface area contributed by atoms with Gasteiger partial charge in [0, 0.05) is 17.3 Å². The first-order valence-corrected chi connectivity index (χ1v) is 7.10. The molecule has 1 atom stereocenters. The zero-order chi connectivity index (χ0) is 13.7. The fraction of sp³-hybridized carbons (Fsp3) is 0.286. The molecule has 0 aliphatic carbocycles. The van der Waals surface area contributed by atoms with Gasteiger partial charge in [-0.25, -0.2) is 4.98 Å². The fourth-order valence-corrected chi connectivity index (χ4v) is 2.30. The van der Waals surface area contributed by atoms with Crippen LogP contribution in [0, 0.1) is 6.92 Å². The Balaban J connectivity index is 2.01. The Labute approximate surface area is 116 Å². The van der Waals surface area contributed by atoms with E-state index in [-0.39, 0.29) is 11.9 Å². The highest BCUT2D eigenvalue weighted by Crippen LogP contribution is 2.15. The Kier molecular flexibility index (Phi) is 4.52. The standard InChI is InChI=1S/C14H17N3OS/c1-3-12(13(18)17-14-15-7-8-19-14)16-11-6-4-5-10(2)9-11/h4-9,12,16H,3H2,1-2H3,(H,15,17,18)/t12-/m1/s1. The summed E-state index contributed by atoms with van der Waals surface area (Å²) in [6, 6.07) is 7.74. The lowest BCUT2D eigenvalue weighted by Gasteiger charge is -2.17. The third-order valence-corrected chi connectivity index (χ3v) is 3.43. The van der Waals surface area contributed by atoms with Crippen molar-refractivity contribution in [1.29, 1.82) is 0 Å². The van der Waals surface area contributed by atoms with Gasteiger partial charge in [0.1, 0.15) is 6.04 Å². The number of hydrogen-bond acceptors (Lipinski definition) is 4. The molecule has 1 amide bonds. The zero-order valence-electron chi connectivity index (χ0n) is 11.0. The normalized spacial score (nSPS) is 11.9. The summed E-state index contributed by atoms with van der Waals surface area (Å²) in [5.41, 5.74) is 2.13. The van der Waals surface area contributed by atoms with Crippen LogP contribution in [0.4, 0.5) is 10.8 Å². The van der Waals surface area contributed by atoms with Gasteiger partial charge in [-0.05, 0) is 31.0 Å². The Morgan fingerprint density at radius 2 is 2.32 bits per heavy atom. The van der Waals surface area contributed by atoms with Crippen LogP contribution in [0.1, 0.15) is 18.9 Å². The molecule has 2 rings (SSSR count). The second kappa shape index (κ2) is 6.33. The van der Waals surface area contributed by atoms with Crippen molar-refractivity contribution in [2.75, 3.05) is 10.6 Å². The van der Waals surface area contributed by atoms with Crippen LogP contribution in [-0.2, 0) is 4.79 Å². The van der Waals surface area contributed by atoms with E-state index in [4.69, 9.17) is 0 Å². The molecule has 0 spiro atoms. The highest BCUT2D eigenvalue weighted by Gasteiger charge is 2.17. The monoisotopic (exact) mass is 275 g/mol. The van der Waals surface area contributed by atoms with Gasteiger partial charge in [-0.3, -0.25) is 4.79 Å². The first-order valence-electron chi connectivity index (χ1n) is 6.22. The molecule has 0 aliphatic rings. The van der Waals surface area contributed by atoms with E-state index in [1.165, 1.54) is 16.9 Å². The number of benzene rings is 1. The van der Waals surface area contributed by atoms with Crippen molar-refractivity contribution >= 4 is 28.1 Å². The van der Waals surface area contributed by atoms with Crippen molar-refractivity contribution < 1.29 is 4.79 Å². The van der Waals surface area contributed by atoms with E-state index in [1.54, 1.807) is 6.20 Å². The van der Waals surface area contributed by atoms with E-state index < -0.39 is 0 Å². The van der Waals surface area contributed by atoms with Crippen molar-refractivity contribution in [1.82, 2.24) is 4.98 Å². The molecule has 4 nitrogen and oxygen atoms in total. The summed E-state index contributed by atoms with van der Waals surface area (Å²) < 4.78 is 0. The van der Waals surface area contributed by atoms with Crippen molar-refractivity contribution in [3.8, 4) is 0 Å². The Bertz CT molecular complexity index is 539. The van der Waals surface area contributed by atoms with Gasteiger partial charge >= 0.3 is 0 Å². The Hall–Kier alpha value is -1.88. The topological polar surface area (TPSA) is 54.0 Å². The highest BCUT2D eigenvalue weighted by molar-refractivity contribution is 7.13. The summed E-state index contributed by atoms with van der Waals surface area (Å²) in [6.45, 7) is 4.01. The minimum absolute atomic E-state index is 0.0565. The number of rotatable bonds is 5. The van der Waals surface area contributed by atoms with E-state index in [9.17, 15) is 4.79 Å². The van der Waals surface area contributed by atoms with Crippen LogP contribution < -0.4 is 10.6 Å². The van der Waals surface area contributed by atoms with Crippen molar-refractivity contribution in [3.05, 3.63) is 41.4 Å². The first kappa shape index (κ1) is 13.5. The predicted octanol–water partition coefficient (Wildman–Crippen LogP) is 3.28. The van der Waals surface area contributed by atoms with Gasteiger partial charge in [0.05, 0.1) is 0 Å². The minimum atomic E-state index is -0.259. The van der Waals surface area contributed by atoms with E-state index >= 15 is 0 Å². The van der Waals surface area contributed by atoms with E-state index in [1.807, 2.05) is 43.5 Å². The maximum atomic E-state index is 12.1. The predicted molar refractivity (Wildman–Crippen MR) is 79.6 cm³/mol. The van der Waals surface area contributed by atoms with E-state index in [2.05, 4.69) is 15.6 Å². The van der Waals surface area contributed by atoms with Crippen LogP contribution >= 0.6 is 11.3 Å². The molecule has 0 fully saturated rings.